The van der Waals surface area contributed by atoms with Crippen molar-refractivity contribution < 1.29 is 35.4 Å². The molecule has 0 fully saturated rings. The Morgan fingerprint density at radius 2 is 1.74 bits per heavy atom. The molecule has 0 rings (SSSR count). The lowest BCUT2D eigenvalue weighted by Crippen LogP contribution is -2.64. The second-order valence-electron chi connectivity index (χ2n) is 5.25. The van der Waals surface area contributed by atoms with E-state index in [9.17, 15) is 30.3 Å². The molecule has 4 atom stereocenters. The van der Waals surface area contributed by atoms with Crippen molar-refractivity contribution in [2.45, 2.75) is 50.6 Å². The van der Waals surface area contributed by atoms with Crippen LogP contribution < -0.4 is 0 Å². The van der Waals surface area contributed by atoms with Crippen molar-refractivity contribution in [1.82, 2.24) is 0 Å². The summed E-state index contributed by atoms with van der Waals surface area (Å²) in [4.78, 5) is 10.6. The first-order chi connectivity index (χ1) is 8.54. The molecule has 7 nitrogen and oxygen atoms in total. The Kier molecular flexibility index (Phi) is 6.15. The van der Waals surface area contributed by atoms with Gasteiger partial charge >= 0.3 is 0 Å². The van der Waals surface area contributed by atoms with Crippen LogP contribution in [0.25, 0.3) is 0 Å². The molecule has 0 spiro atoms. The average molecular weight is 278 g/mol. The van der Waals surface area contributed by atoms with E-state index < -0.39 is 35.8 Å². The van der Waals surface area contributed by atoms with Crippen molar-refractivity contribution in [2.75, 3.05) is 6.61 Å². The predicted octanol–water partition coefficient (Wildman–Crippen LogP) is -1.50. The summed E-state index contributed by atoms with van der Waals surface area (Å²) in [6.07, 6.45) is -3.97. The zero-order valence-corrected chi connectivity index (χ0v) is 11.2. The van der Waals surface area contributed by atoms with E-state index in [1.165, 1.54) is 0 Å². The van der Waals surface area contributed by atoms with Crippen molar-refractivity contribution >= 4 is 5.94 Å². The van der Waals surface area contributed by atoms with Crippen LogP contribution in [0.4, 0.5) is 0 Å². The van der Waals surface area contributed by atoms with Crippen LogP contribution in [0.15, 0.2) is 5.76 Å². The fourth-order valence-electron chi connectivity index (χ4n) is 1.94. The highest BCUT2D eigenvalue weighted by atomic mass is 16.4. The molecule has 0 aromatic heterocycles. The Balaban J connectivity index is 5.65. The number of rotatable bonds is 7. The van der Waals surface area contributed by atoms with Gasteiger partial charge in [0.05, 0.1) is 6.61 Å². The van der Waals surface area contributed by atoms with Gasteiger partial charge in [-0.25, -0.2) is 4.79 Å². The summed E-state index contributed by atoms with van der Waals surface area (Å²) in [6, 6.07) is 0. The monoisotopic (exact) mass is 278 g/mol. The highest BCUT2D eigenvalue weighted by Crippen LogP contribution is 2.36. The summed E-state index contributed by atoms with van der Waals surface area (Å²) in [5.74, 6) is -0.330. The van der Waals surface area contributed by atoms with Gasteiger partial charge in [0.1, 0.15) is 17.8 Å². The molecule has 0 saturated heterocycles. The first kappa shape index (κ1) is 18.0. The molecular weight excluding hydrogens is 256 g/mol. The van der Waals surface area contributed by atoms with Crippen LogP contribution in [0.2, 0.25) is 0 Å². The summed E-state index contributed by atoms with van der Waals surface area (Å²) in [5.41, 5.74) is -4.95. The van der Waals surface area contributed by atoms with E-state index in [2.05, 4.69) is 0 Å². The van der Waals surface area contributed by atoms with Crippen LogP contribution in [0, 0.1) is 5.92 Å². The first-order valence-electron chi connectivity index (χ1n) is 5.90. The van der Waals surface area contributed by atoms with Crippen molar-refractivity contribution in [2.24, 2.45) is 5.92 Å². The largest absolute Gasteiger partial charge is 0.500 e. The third kappa shape index (κ3) is 3.54. The summed E-state index contributed by atoms with van der Waals surface area (Å²) < 4.78 is 0. The van der Waals surface area contributed by atoms with Gasteiger partial charge in [-0.1, -0.05) is 13.8 Å². The highest BCUT2D eigenvalue weighted by molar-refractivity contribution is 5.53. The van der Waals surface area contributed by atoms with Crippen molar-refractivity contribution in [1.29, 1.82) is 0 Å². The molecule has 0 unspecified atom stereocenters. The van der Waals surface area contributed by atoms with E-state index in [0.29, 0.717) is 0 Å². The molecule has 7 heteroatoms. The summed E-state index contributed by atoms with van der Waals surface area (Å²) >= 11 is 0. The SMILES string of the molecule is CC(C)C[C@](O)(C(O)=C=O)[C@](C)(O)[C@H](O)[C@@H](O)CO. The Bertz CT molecular complexity index is 346. The minimum absolute atomic E-state index is 0.245. The topological polar surface area (TPSA) is 138 Å². The smallest absolute Gasteiger partial charge is 0.212 e. The molecule has 0 aliphatic rings. The van der Waals surface area contributed by atoms with E-state index in [1.54, 1.807) is 13.8 Å². The van der Waals surface area contributed by atoms with Gasteiger partial charge in [0.15, 0.2) is 11.5 Å². The first-order valence-corrected chi connectivity index (χ1v) is 5.90. The maximum atomic E-state index is 10.6. The molecule has 0 amide bonds. The van der Waals surface area contributed by atoms with Gasteiger partial charge in [0, 0.05) is 0 Å². The molecule has 19 heavy (non-hydrogen) atoms. The summed E-state index contributed by atoms with van der Waals surface area (Å²) in [6.45, 7) is 3.41. The summed E-state index contributed by atoms with van der Waals surface area (Å²) in [7, 11) is 0. The minimum atomic E-state index is -2.49. The van der Waals surface area contributed by atoms with Crippen LogP contribution >= 0.6 is 0 Å². The number of carbonyl (C=O) groups excluding carboxylic acids is 1. The molecular formula is C12H22O7. The standard InChI is InChI=1S/C12H22O7/c1-7(2)4-12(19,9(16)6-14)11(3,18)10(17)8(15)5-13/h7-8,10,13,15-19H,4-5H2,1-3H3/t8-,10+,11+,12-/m0/s1. The maximum Gasteiger partial charge on any atom is 0.212 e. The quantitative estimate of drug-likeness (QED) is 0.246. The third-order valence-corrected chi connectivity index (χ3v) is 3.16. The van der Waals surface area contributed by atoms with Crippen LogP contribution in [-0.4, -0.2) is 66.6 Å². The fraction of sp³-hybridized carbons (Fsp3) is 0.833. The lowest BCUT2D eigenvalue weighted by atomic mass is 9.73. The van der Waals surface area contributed by atoms with Crippen molar-refractivity contribution in [3.8, 4) is 0 Å². The number of hydrogen-bond acceptors (Lipinski definition) is 7. The second kappa shape index (κ2) is 6.47. The molecule has 0 radical (unpaired) electrons. The van der Waals surface area contributed by atoms with Crippen molar-refractivity contribution in [3.63, 3.8) is 0 Å². The number of hydrogen-bond donors (Lipinski definition) is 6. The number of aliphatic hydroxyl groups is 6. The lowest BCUT2D eigenvalue weighted by molar-refractivity contribution is -0.217. The number of aliphatic hydroxyl groups excluding tert-OH is 4. The van der Waals surface area contributed by atoms with Gasteiger partial charge in [-0.2, -0.15) is 0 Å². The molecule has 0 bridgehead atoms. The predicted molar refractivity (Wildman–Crippen MR) is 66.0 cm³/mol. The van der Waals surface area contributed by atoms with Crippen LogP contribution in [0.5, 0.6) is 0 Å². The zero-order valence-electron chi connectivity index (χ0n) is 11.2. The van der Waals surface area contributed by atoms with Gasteiger partial charge in [-0.05, 0) is 19.3 Å². The van der Waals surface area contributed by atoms with E-state index >= 15 is 0 Å². The summed E-state index contributed by atoms with van der Waals surface area (Å²) in [5, 5.41) is 57.9. The second-order valence-corrected chi connectivity index (χ2v) is 5.25. The molecule has 0 heterocycles. The van der Waals surface area contributed by atoms with Crippen LogP contribution in [0.1, 0.15) is 27.2 Å². The van der Waals surface area contributed by atoms with Gasteiger partial charge in [-0.3, -0.25) is 0 Å². The van der Waals surface area contributed by atoms with Crippen molar-refractivity contribution in [3.05, 3.63) is 5.76 Å². The van der Waals surface area contributed by atoms with Crippen LogP contribution in [0.3, 0.4) is 0 Å². The van der Waals surface area contributed by atoms with E-state index in [0.717, 1.165) is 12.9 Å². The third-order valence-electron chi connectivity index (χ3n) is 3.16. The Morgan fingerprint density at radius 3 is 2.05 bits per heavy atom. The van der Waals surface area contributed by atoms with Crippen LogP contribution in [-0.2, 0) is 4.79 Å². The molecule has 6 N–H and O–H groups in total. The Morgan fingerprint density at radius 1 is 1.26 bits per heavy atom. The molecule has 0 aliphatic heterocycles. The fourth-order valence-corrected chi connectivity index (χ4v) is 1.94. The molecule has 0 saturated carbocycles. The molecule has 0 aromatic carbocycles. The Hall–Kier alpha value is -0.950. The van der Waals surface area contributed by atoms with E-state index in [4.69, 9.17) is 5.11 Å². The average Bonchev–Trinajstić information content (AvgIpc) is 2.34. The van der Waals surface area contributed by atoms with Gasteiger partial charge in [0.2, 0.25) is 5.76 Å². The van der Waals surface area contributed by atoms with Gasteiger partial charge in [-0.15, -0.1) is 0 Å². The van der Waals surface area contributed by atoms with E-state index in [1.807, 2.05) is 0 Å². The molecule has 0 aromatic rings. The Labute approximate surface area is 111 Å². The van der Waals surface area contributed by atoms with Gasteiger partial charge < -0.3 is 30.6 Å². The molecule has 112 valence electrons. The normalized spacial score (nSPS) is 21.1. The van der Waals surface area contributed by atoms with Gasteiger partial charge in [0.25, 0.3) is 0 Å². The van der Waals surface area contributed by atoms with E-state index in [-0.39, 0.29) is 12.3 Å². The molecule has 0 aliphatic carbocycles. The minimum Gasteiger partial charge on any atom is -0.500 e. The lowest BCUT2D eigenvalue weighted by Gasteiger charge is -2.44. The zero-order chi connectivity index (χ0) is 15.4. The highest BCUT2D eigenvalue weighted by Gasteiger charge is 2.56. The maximum absolute atomic E-state index is 10.6.